The minimum absolute atomic E-state index is 0.217. The molecular weight excluding hydrogens is 452 g/mol. The van der Waals surface area contributed by atoms with Crippen LogP contribution in [0.4, 0.5) is 14.5 Å². The lowest BCUT2D eigenvalue weighted by Gasteiger charge is -2.20. The molecule has 0 bridgehead atoms. The SMILES string of the molecule is CCN(CC(=O)Nc1c(F)cccc1F)C(=O)c1sc(-c2ccc(OC)c(OC)c2)nc1C. The second-order valence-corrected chi connectivity index (χ2v) is 7.97. The van der Waals surface area contributed by atoms with Crippen molar-refractivity contribution in [2.24, 2.45) is 0 Å². The molecule has 1 N–H and O–H groups in total. The Labute approximate surface area is 194 Å². The zero-order chi connectivity index (χ0) is 24.1. The number of likely N-dealkylation sites (N-methyl/N-ethyl adjacent to an activating group) is 1. The molecule has 0 aliphatic carbocycles. The summed E-state index contributed by atoms with van der Waals surface area (Å²) in [6.45, 7) is 3.26. The molecule has 2 amide bonds. The van der Waals surface area contributed by atoms with Crippen LogP contribution in [0.3, 0.4) is 0 Å². The van der Waals surface area contributed by atoms with E-state index in [4.69, 9.17) is 9.47 Å². The third-order valence-corrected chi connectivity index (χ3v) is 6.05. The van der Waals surface area contributed by atoms with Gasteiger partial charge in [0.1, 0.15) is 33.8 Å². The number of amides is 2. The van der Waals surface area contributed by atoms with Crippen molar-refractivity contribution in [1.82, 2.24) is 9.88 Å². The number of hydrogen-bond acceptors (Lipinski definition) is 6. The van der Waals surface area contributed by atoms with Gasteiger partial charge in [-0.25, -0.2) is 13.8 Å². The van der Waals surface area contributed by atoms with Crippen LogP contribution in [0, 0.1) is 18.6 Å². The van der Waals surface area contributed by atoms with E-state index < -0.39 is 29.1 Å². The van der Waals surface area contributed by atoms with Crippen molar-refractivity contribution in [2.45, 2.75) is 13.8 Å². The molecule has 0 aliphatic rings. The summed E-state index contributed by atoms with van der Waals surface area (Å²) in [5.74, 6) is -1.80. The second-order valence-electron chi connectivity index (χ2n) is 6.97. The molecule has 1 heterocycles. The third-order valence-electron chi connectivity index (χ3n) is 4.85. The number of methoxy groups -OCH3 is 2. The van der Waals surface area contributed by atoms with Gasteiger partial charge in [-0.15, -0.1) is 11.3 Å². The van der Waals surface area contributed by atoms with Gasteiger partial charge in [0.15, 0.2) is 11.5 Å². The van der Waals surface area contributed by atoms with E-state index in [2.05, 4.69) is 10.3 Å². The van der Waals surface area contributed by atoms with Crippen molar-refractivity contribution in [3.8, 4) is 22.1 Å². The Kier molecular flexibility index (Phi) is 7.59. The number of aromatic nitrogens is 1. The van der Waals surface area contributed by atoms with Crippen molar-refractivity contribution >= 4 is 28.8 Å². The van der Waals surface area contributed by atoms with E-state index in [1.165, 1.54) is 36.5 Å². The number of nitrogens with one attached hydrogen (secondary N) is 1. The number of aryl methyl sites for hydroxylation is 1. The maximum atomic E-state index is 13.8. The Morgan fingerprint density at radius 3 is 2.36 bits per heavy atom. The van der Waals surface area contributed by atoms with Gasteiger partial charge >= 0.3 is 0 Å². The number of ether oxygens (including phenoxy) is 2. The molecule has 1 aromatic heterocycles. The van der Waals surface area contributed by atoms with Crippen LogP contribution in [0.5, 0.6) is 11.5 Å². The van der Waals surface area contributed by atoms with E-state index in [9.17, 15) is 18.4 Å². The van der Waals surface area contributed by atoms with Crippen LogP contribution in [0.15, 0.2) is 36.4 Å². The summed E-state index contributed by atoms with van der Waals surface area (Å²) in [5, 5.41) is 2.80. The molecule has 33 heavy (non-hydrogen) atoms. The third kappa shape index (κ3) is 5.28. The fourth-order valence-corrected chi connectivity index (χ4v) is 4.16. The predicted octanol–water partition coefficient (Wildman–Crippen LogP) is 4.51. The molecule has 0 atom stereocenters. The molecule has 7 nitrogen and oxygen atoms in total. The lowest BCUT2D eigenvalue weighted by atomic mass is 10.2. The molecule has 2 aromatic carbocycles. The first kappa shape index (κ1) is 24.1. The summed E-state index contributed by atoms with van der Waals surface area (Å²) in [6.07, 6.45) is 0. The minimum Gasteiger partial charge on any atom is -0.493 e. The summed E-state index contributed by atoms with van der Waals surface area (Å²) in [5.41, 5.74) is 0.708. The number of benzene rings is 2. The van der Waals surface area contributed by atoms with Crippen molar-refractivity contribution in [1.29, 1.82) is 0 Å². The van der Waals surface area contributed by atoms with Crippen LogP contribution >= 0.6 is 11.3 Å². The maximum absolute atomic E-state index is 13.8. The van der Waals surface area contributed by atoms with Gasteiger partial charge < -0.3 is 19.7 Å². The normalized spacial score (nSPS) is 10.6. The van der Waals surface area contributed by atoms with Gasteiger partial charge in [-0.2, -0.15) is 0 Å². The van der Waals surface area contributed by atoms with Crippen molar-refractivity contribution in [3.05, 3.63) is 58.6 Å². The van der Waals surface area contributed by atoms with Gasteiger partial charge in [-0.05, 0) is 44.2 Å². The maximum Gasteiger partial charge on any atom is 0.266 e. The van der Waals surface area contributed by atoms with Crippen LogP contribution in [0.2, 0.25) is 0 Å². The standard InChI is InChI=1S/C23H23F2N3O4S/c1-5-28(12-19(29)27-20-15(24)7-6-8-16(20)25)23(30)21-13(2)26-22(33-21)14-9-10-17(31-3)18(11-14)32-4/h6-11H,5,12H2,1-4H3,(H,27,29). The topological polar surface area (TPSA) is 80.8 Å². The number of carbonyl (C=O) groups is 2. The number of halogens is 2. The molecule has 174 valence electrons. The van der Waals surface area contributed by atoms with Gasteiger partial charge in [0, 0.05) is 12.1 Å². The smallest absolute Gasteiger partial charge is 0.266 e. The number of anilines is 1. The molecule has 0 radical (unpaired) electrons. The van der Waals surface area contributed by atoms with E-state index in [0.29, 0.717) is 27.1 Å². The number of rotatable bonds is 8. The average Bonchev–Trinajstić information content (AvgIpc) is 3.20. The first-order chi connectivity index (χ1) is 15.8. The Balaban J connectivity index is 1.79. The molecule has 0 saturated heterocycles. The van der Waals surface area contributed by atoms with Crippen LogP contribution < -0.4 is 14.8 Å². The molecule has 0 aliphatic heterocycles. The summed E-state index contributed by atoms with van der Waals surface area (Å²) >= 11 is 1.18. The van der Waals surface area contributed by atoms with Gasteiger partial charge in [-0.3, -0.25) is 9.59 Å². The van der Waals surface area contributed by atoms with Crippen molar-refractivity contribution in [2.75, 3.05) is 32.6 Å². The molecule has 0 saturated carbocycles. The molecule has 10 heteroatoms. The number of thiazole rings is 1. The Bertz CT molecular complexity index is 1160. The summed E-state index contributed by atoms with van der Waals surface area (Å²) in [4.78, 5) is 31.6. The molecule has 3 rings (SSSR count). The minimum atomic E-state index is -0.893. The van der Waals surface area contributed by atoms with Crippen LogP contribution in [0.1, 0.15) is 22.3 Å². The fourth-order valence-electron chi connectivity index (χ4n) is 3.13. The summed E-state index contributed by atoms with van der Waals surface area (Å²) in [7, 11) is 3.07. The van der Waals surface area contributed by atoms with Crippen LogP contribution in [-0.4, -0.2) is 49.0 Å². The Morgan fingerprint density at radius 1 is 1.09 bits per heavy atom. The van der Waals surface area contributed by atoms with E-state index >= 15 is 0 Å². The highest BCUT2D eigenvalue weighted by molar-refractivity contribution is 7.17. The molecule has 0 fully saturated rings. The largest absolute Gasteiger partial charge is 0.493 e. The van der Waals surface area contributed by atoms with E-state index in [1.54, 1.807) is 26.0 Å². The highest BCUT2D eigenvalue weighted by Gasteiger charge is 2.24. The summed E-state index contributed by atoms with van der Waals surface area (Å²) < 4.78 is 38.2. The number of para-hydroxylation sites is 1. The fraction of sp³-hybridized carbons (Fsp3) is 0.261. The van der Waals surface area contributed by atoms with E-state index in [-0.39, 0.29) is 13.1 Å². The number of hydrogen-bond donors (Lipinski definition) is 1. The van der Waals surface area contributed by atoms with Crippen molar-refractivity contribution < 1.29 is 27.8 Å². The zero-order valence-electron chi connectivity index (χ0n) is 18.6. The van der Waals surface area contributed by atoms with Gasteiger partial charge in [0.25, 0.3) is 5.91 Å². The van der Waals surface area contributed by atoms with Crippen LogP contribution in [-0.2, 0) is 4.79 Å². The lowest BCUT2D eigenvalue weighted by Crippen LogP contribution is -2.38. The highest BCUT2D eigenvalue weighted by atomic mass is 32.1. The molecular formula is C23H23F2N3O4S. The second kappa shape index (κ2) is 10.4. The number of nitrogens with zero attached hydrogens (tertiary/aromatic N) is 2. The highest BCUT2D eigenvalue weighted by Crippen LogP contribution is 2.35. The average molecular weight is 476 g/mol. The quantitative estimate of drug-likeness (QED) is 0.518. The summed E-state index contributed by atoms with van der Waals surface area (Å²) in [6, 6.07) is 8.60. The molecule has 0 unspecified atom stereocenters. The Hall–Kier alpha value is -3.53. The first-order valence-electron chi connectivity index (χ1n) is 10.0. The predicted molar refractivity (Wildman–Crippen MR) is 122 cm³/mol. The zero-order valence-corrected chi connectivity index (χ0v) is 19.4. The van der Waals surface area contributed by atoms with Crippen molar-refractivity contribution in [3.63, 3.8) is 0 Å². The van der Waals surface area contributed by atoms with E-state index in [0.717, 1.165) is 17.7 Å². The Morgan fingerprint density at radius 2 is 1.76 bits per heavy atom. The van der Waals surface area contributed by atoms with Crippen LogP contribution in [0.25, 0.3) is 10.6 Å². The molecule has 0 spiro atoms. The lowest BCUT2D eigenvalue weighted by molar-refractivity contribution is -0.116. The van der Waals surface area contributed by atoms with Gasteiger partial charge in [-0.1, -0.05) is 6.07 Å². The number of carbonyl (C=O) groups excluding carboxylic acids is 2. The van der Waals surface area contributed by atoms with Gasteiger partial charge in [0.05, 0.1) is 19.9 Å². The first-order valence-corrected chi connectivity index (χ1v) is 10.8. The van der Waals surface area contributed by atoms with Gasteiger partial charge in [0.2, 0.25) is 5.91 Å². The monoisotopic (exact) mass is 475 g/mol. The molecule has 3 aromatic rings. The van der Waals surface area contributed by atoms with E-state index in [1.807, 2.05) is 6.07 Å².